The molecule has 0 amide bonds. The van der Waals surface area contributed by atoms with Crippen LogP contribution < -0.4 is 0 Å². The first-order valence-corrected chi connectivity index (χ1v) is 6.65. The summed E-state index contributed by atoms with van der Waals surface area (Å²) < 4.78 is 5.57. The van der Waals surface area contributed by atoms with Gasteiger partial charge in [0.15, 0.2) is 0 Å². The van der Waals surface area contributed by atoms with Crippen LogP contribution in [0.2, 0.25) is 5.02 Å². The number of aromatic hydroxyl groups is 1. The van der Waals surface area contributed by atoms with E-state index in [0.29, 0.717) is 17.3 Å². The van der Waals surface area contributed by atoms with E-state index >= 15 is 0 Å². The van der Waals surface area contributed by atoms with E-state index in [0.717, 1.165) is 31.5 Å². The van der Waals surface area contributed by atoms with Crippen molar-refractivity contribution in [3.05, 3.63) is 28.8 Å². The Hall–Kier alpha value is -0.770. The highest BCUT2D eigenvalue weighted by molar-refractivity contribution is 6.30. The van der Waals surface area contributed by atoms with Crippen LogP contribution in [0.25, 0.3) is 0 Å². The van der Waals surface area contributed by atoms with Gasteiger partial charge in [-0.1, -0.05) is 11.6 Å². The van der Waals surface area contributed by atoms with Crippen LogP contribution in [0.15, 0.2) is 18.2 Å². The zero-order chi connectivity index (χ0) is 13.2. The molecule has 1 aromatic carbocycles. The monoisotopic (exact) mass is 269 g/mol. The minimum atomic E-state index is -0.0769. The summed E-state index contributed by atoms with van der Waals surface area (Å²) in [5.74, 6) is 0.309. The van der Waals surface area contributed by atoms with Gasteiger partial charge < -0.3 is 9.84 Å². The Kier molecular flexibility index (Phi) is 4.15. The highest BCUT2D eigenvalue weighted by atomic mass is 35.5. The number of hydrogen-bond acceptors (Lipinski definition) is 3. The summed E-state index contributed by atoms with van der Waals surface area (Å²) in [5, 5.41) is 10.5. The van der Waals surface area contributed by atoms with Gasteiger partial charge in [-0.3, -0.25) is 4.90 Å². The van der Waals surface area contributed by atoms with Gasteiger partial charge in [0.1, 0.15) is 5.75 Å². The summed E-state index contributed by atoms with van der Waals surface area (Å²) in [6, 6.07) is 5.18. The molecule has 0 aromatic heterocycles. The van der Waals surface area contributed by atoms with Crippen LogP contribution in [-0.2, 0) is 11.3 Å². The molecule has 1 N–H and O–H groups in total. The van der Waals surface area contributed by atoms with E-state index in [4.69, 9.17) is 16.3 Å². The zero-order valence-electron chi connectivity index (χ0n) is 10.9. The fourth-order valence-corrected chi connectivity index (χ4v) is 2.73. The first-order valence-electron chi connectivity index (χ1n) is 6.27. The zero-order valence-corrected chi connectivity index (χ0v) is 11.7. The Morgan fingerprint density at radius 2 is 2.28 bits per heavy atom. The largest absolute Gasteiger partial charge is 0.508 e. The maximum atomic E-state index is 9.84. The van der Waals surface area contributed by atoms with E-state index in [9.17, 15) is 5.11 Å². The lowest BCUT2D eigenvalue weighted by molar-refractivity contribution is -0.0528. The van der Waals surface area contributed by atoms with Crippen molar-refractivity contribution in [2.45, 2.75) is 31.9 Å². The summed E-state index contributed by atoms with van der Waals surface area (Å²) in [6.45, 7) is 4.77. The van der Waals surface area contributed by atoms with Crippen molar-refractivity contribution in [1.82, 2.24) is 4.90 Å². The number of phenolic OH excluding ortho intramolecular Hbond substituents is 1. The first-order chi connectivity index (χ1) is 8.52. The predicted octanol–water partition coefficient (Wildman–Crippen LogP) is 3.05. The second-order valence-corrected chi connectivity index (χ2v) is 5.68. The molecule has 1 atom stereocenters. The number of nitrogens with zero attached hydrogens (tertiary/aromatic N) is 1. The molecule has 1 saturated heterocycles. The maximum absolute atomic E-state index is 9.84. The lowest BCUT2D eigenvalue weighted by Crippen LogP contribution is -2.46. The molecule has 18 heavy (non-hydrogen) atoms. The van der Waals surface area contributed by atoms with Crippen LogP contribution in [0.1, 0.15) is 25.3 Å². The number of piperidine rings is 1. The average Bonchev–Trinajstić information content (AvgIpc) is 2.34. The number of hydrogen-bond donors (Lipinski definition) is 1. The van der Waals surface area contributed by atoms with Crippen molar-refractivity contribution in [1.29, 1.82) is 0 Å². The van der Waals surface area contributed by atoms with Gasteiger partial charge in [-0.2, -0.15) is 0 Å². The van der Waals surface area contributed by atoms with E-state index in [1.807, 2.05) is 6.07 Å². The van der Waals surface area contributed by atoms with E-state index < -0.39 is 0 Å². The summed E-state index contributed by atoms with van der Waals surface area (Å²) in [5.41, 5.74) is 0.801. The molecule has 0 bridgehead atoms. The molecule has 3 nitrogen and oxygen atoms in total. The summed E-state index contributed by atoms with van der Waals surface area (Å²) in [6.07, 6.45) is 2.20. The van der Waals surface area contributed by atoms with Gasteiger partial charge in [0.2, 0.25) is 0 Å². The molecule has 1 aliphatic heterocycles. The standard InChI is InChI=1S/C14H20ClNO2/c1-14(18-2)6-3-7-16(10-14)9-11-8-12(15)4-5-13(11)17/h4-5,8,17H,3,6-7,9-10H2,1-2H3. The molecule has 0 saturated carbocycles. The van der Waals surface area contributed by atoms with Gasteiger partial charge in [-0.25, -0.2) is 0 Å². The Balaban J connectivity index is 2.07. The van der Waals surface area contributed by atoms with Crippen LogP contribution in [0.5, 0.6) is 5.75 Å². The molecular formula is C14H20ClNO2. The number of halogens is 1. The summed E-state index contributed by atoms with van der Waals surface area (Å²) >= 11 is 5.96. The predicted molar refractivity (Wildman–Crippen MR) is 73.0 cm³/mol. The SMILES string of the molecule is COC1(C)CCCN(Cc2cc(Cl)ccc2O)C1. The summed E-state index contributed by atoms with van der Waals surface area (Å²) in [7, 11) is 1.76. The molecular weight excluding hydrogens is 250 g/mol. The quantitative estimate of drug-likeness (QED) is 0.916. The van der Waals surface area contributed by atoms with Gasteiger partial charge in [0.25, 0.3) is 0 Å². The van der Waals surface area contributed by atoms with Crippen LogP contribution in [-0.4, -0.2) is 35.8 Å². The second-order valence-electron chi connectivity index (χ2n) is 5.24. The fourth-order valence-electron chi connectivity index (χ4n) is 2.53. The second kappa shape index (κ2) is 5.47. The Morgan fingerprint density at radius 3 is 3.00 bits per heavy atom. The average molecular weight is 270 g/mol. The molecule has 1 heterocycles. The van der Waals surface area contributed by atoms with E-state index in [2.05, 4.69) is 11.8 Å². The minimum absolute atomic E-state index is 0.0769. The van der Waals surface area contributed by atoms with Crippen LogP contribution in [0, 0.1) is 0 Å². The molecule has 1 unspecified atom stereocenters. The van der Waals surface area contributed by atoms with Gasteiger partial charge in [-0.05, 0) is 44.5 Å². The molecule has 100 valence electrons. The van der Waals surface area contributed by atoms with Gasteiger partial charge in [-0.15, -0.1) is 0 Å². The highest BCUT2D eigenvalue weighted by Crippen LogP contribution is 2.28. The molecule has 1 fully saturated rings. The highest BCUT2D eigenvalue weighted by Gasteiger charge is 2.30. The first kappa shape index (κ1) is 13.7. The number of benzene rings is 1. The number of methoxy groups -OCH3 is 1. The molecule has 1 aliphatic rings. The van der Waals surface area contributed by atoms with E-state index in [1.54, 1.807) is 19.2 Å². The topological polar surface area (TPSA) is 32.7 Å². The Morgan fingerprint density at radius 1 is 1.50 bits per heavy atom. The normalized spacial score (nSPS) is 25.3. The fraction of sp³-hybridized carbons (Fsp3) is 0.571. The Labute approximate surface area is 113 Å². The van der Waals surface area contributed by atoms with Crippen molar-refractivity contribution in [2.75, 3.05) is 20.2 Å². The molecule has 4 heteroatoms. The lowest BCUT2D eigenvalue weighted by atomic mass is 9.94. The molecule has 0 radical (unpaired) electrons. The minimum Gasteiger partial charge on any atom is -0.508 e. The molecule has 0 spiro atoms. The lowest BCUT2D eigenvalue weighted by Gasteiger charge is -2.39. The number of likely N-dealkylation sites (tertiary alicyclic amines) is 1. The van der Waals surface area contributed by atoms with Gasteiger partial charge in [0.05, 0.1) is 5.60 Å². The van der Waals surface area contributed by atoms with Crippen molar-refractivity contribution < 1.29 is 9.84 Å². The third-order valence-electron chi connectivity index (χ3n) is 3.67. The van der Waals surface area contributed by atoms with E-state index in [1.165, 1.54) is 0 Å². The smallest absolute Gasteiger partial charge is 0.120 e. The molecule has 1 aromatic rings. The number of phenols is 1. The van der Waals surface area contributed by atoms with Gasteiger partial charge >= 0.3 is 0 Å². The maximum Gasteiger partial charge on any atom is 0.120 e. The van der Waals surface area contributed by atoms with Crippen LogP contribution in [0.4, 0.5) is 0 Å². The van der Waals surface area contributed by atoms with Crippen molar-refractivity contribution in [3.63, 3.8) is 0 Å². The number of ether oxygens (including phenoxy) is 1. The number of rotatable bonds is 3. The Bertz CT molecular complexity index is 424. The van der Waals surface area contributed by atoms with Crippen LogP contribution in [0.3, 0.4) is 0 Å². The van der Waals surface area contributed by atoms with E-state index in [-0.39, 0.29) is 5.60 Å². The van der Waals surface area contributed by atoms with Crippen molar-refractivity contribution >= 4 is 11.6 Å². The summed E-state index contributed by atoms with van der Waals surface area (Å²) in [4.78, 5) is 2.30. The van der Waals surface area contributed by atoms with Gasteiger partial charge in [0, 0.05) is 30.8 Å². The molecule has 0 aliphatic carbocycles. The van der Waals surface area contributed by atoms with Crippen LogP contribution >= 0.6 is 11.6 Å². The third kappa shape index (κ3) is 3.16. The molecule has 2 rings (SSSR count). The third-order valence-corrected chi connectivity index (χ3v) is 3.90. The van der Waals surface area contributed by atoms with Crippen molar-refractivity contribution in [2.24, 2.45) is 0 Å². The van der Waals surface area contributed by atoms with Crippen molar-refractivity contribution in [3.8, 4) is 5.75 Å².